The predicted molar refractivity (Wildman–Crippen MR) is 126 cm³/mol. The van der Waals surface area contributed by atoms with Crippen LogP contribution < -0.4 is 0 Å². The summed E-state index contributed by atoms with van der Waals surface area (Å²) < 4.78 is 18.9. The molecular formula is C27H31FN2O3. The van der Waals surface area contributed by atoms with Crippen LogP contribution >= 0.6 is 0 Å². The van der Waals surface area contributed by atoms with E-state index >= 15 is 0 Å². The Labute approximate surface area is 194 Å². The van der Waals surface area contributed by atoms with Crippen LogP contribution in [0.15, 0.2) is 71.1 Å². The van der Waals surface area contributed by atoms with Crippen molar-refractivity contribution in [1.29, 1.82) is 0 Å². The zero-order valence-corrected chi connectivity index (χ0v) is 19.7. The van der Waals surface area contributed by atoms with Crippen molar-refractivity contribution in [2.75, 3.05) is 6.54 Å². The lowest BCUT2D eigenvalue weighted by Crippen LogP contribution is -2.51. The van der Waals surface area contributed by atoms with E-state index in [1.165, 1.54) is 12.1 Å². The summed E-state index contributed by atoms with van der Waals surface area (Å²) in [6.45, 7) is 8.23. The van der Waals surface area contributed by atoms with Gasteiger partial charge in [0.1, 0.15) is 23.9 Å². The molecule has 0 spiro atoms. The second kappa shape index (κ2) is 10.5. The molecule has 1 heterocycles. The van der Waals surface area contributed by atoms with Gasteiger partial charge in [-0.2, -0.15) is 0 Å². The van der Waals surface area contributed by atoms with Crippen molar-refractivity contribution in [3.05, 3.63) is 95.2 Å². The van der Waals surface area contributed by atoms with E-state index in [2.05, 4.69) is 0 Å². The number of hydrogen-bond acceptors (Lipinski definition) is 3. The Morgan fingerprint density at radius 1 is 0.848 bits per heavy atom. The number of carbonyl (C=O) groups excluding carboxylic acids is 2. The molecule has 0 saturated carbocycles. The highest BCUT2D eigenvalue weighted by atomic mass is 19.1. The van der Waals surface area contributed by atoms with Crippen LogP contribution in [-0.4, -0.2) is 33.7 Å². The molecule has 0 aliphatic heterocycles. The Morgan fingerprint density at radius 2 is 1.52 bits per heavy atom. The molecule has 0 fully saturated rings. The van der Waals surface area contributed by atoms with Crippen LogP contribution in [0.2, 0.25) is 0 Å². The van der Waals surface area contributed by atoms with Crippen LogP contribution in [-0.2, 0) is 29.1 Å². The highest BCUT2D eigenvalue weighted by Crippen LogP contribution is 2.19. The van der Waals surface area contributed by atoms with Gasteiger partial charge in [-0.1, -0.05) is 42.5 Å². The number of benzene rings is 2. The standard InChI is InChI=1S/C27H31FN2O3/c1-20-10-15-24(33-20)18-29(17-22-8-6-5-7-9-22)26(32)19-30(27(2,3)4)25(31)16-21-11-13-23(28)14-12-21/h5-15H,16-19H2,1-4H3. The van der Waals surface area contributed by atoms with E-state index < -0.39 is 5.54 Å². The number of nitrogens with zero attached hydrogens (tertiary/aromatic N) is 2. The number of amides is 2. The SMILES string of the molecule is Cc1ccc(CN(Cc2ccccc2)C(=O)CN(C(=O)Cc2ccc(F)cc2)C(C)(C)C)o1. The van der Waals surface area contributed by atoms with Crippen molar-refractivity contribution >= 4 is 11.8 Å². The number of hydrogen-bond donors (Lipinski definition) is 0. The van der Waals surface area contributed by atoms with E-state index in [1.54, 1.807) is 21.9 Å². The summed E-state index contributed by atoms with van der Waals surface area (Å²) in [5, 5.41) is 0. The first-order valence-electron chi connectivity index (χ1n) is 11.0. The van der Waals surface area contributed by atoms with Gasteiger partial charge in [0.25, 0.3) is 0 Å². The molecule has 0 atom stereocenters. The quantitative estimate of drug-likeness (QED) is 0.478. The van der Waals surface area contributed by atoms with Gasteiger partial charge in [-0.25, -0.2) is 4.39 Å². The molecule has 0 aliphatic carbocycles. The summed E-state index contributed by atoms with van der Waals surface area (Å²) in [5.41, 5.74) is 1.14. The number of furan rings is 1. The summed E-state index contributed by atoms with van der Waals surface area (Å²) in [5.74, 6) is 0.768. The third-order valence-electron chi connectivity index (χ3n) is 5.38. The second-order valence-corrected chi connectivity index (χ2v) is 9.20. The van der Waals surface area contributed by atoms with Crippen molar-refractivity contribution in [1.82, 2.24) is 9.80 Å². The average molecular weight is 451 g/mol. The normalized spacial score (nSPS) is 11.3. The van der Waals surface area contributed by atoms with E-state index in [4.69, 9.17) is 4.42 Å². The Kier molecular flexibility index (Phi) is 7.69. The van der Waals surface area contributed by atoms with Crippen LogP contribution in [0.4, 0.5) is 4.39 Å². The average Bonchev–Trinajstić information content (AvgIpc) is 3.17. The predicted octanol–water partition coefficient (Wildman–Crippen LogP) is 5.13. The van der Waals surface area contributed by atoms with Crippen molar-refractivity contribution in [3.63, 3.8) is 0 Å². The fraction of sp³-hybridized carbons (Fsp3) is 0.333. The van der Waals surface area contributed by atoms with E-state index in [-0.39, 0.29) is 30.6 Å². The first-order valence-corrected chi connectivity index (χ1v) is 11.0. The molecule has 33 heavy (non-hydrogen) atoms. The molecule has 0 N–H and O–H groups in total. The molecule has 0 unspecified atom stereocenters. The molecule has 1 aromatic heterocycles. The molecule has 6 heteroatoms. The summed E-state index contributed by atoms with van der Waals surface area (Å²) in [4.78, 5) is 29.9. The van der Waals surface area contributed by atoms with Gasteiger partial charge in [0.2, 0.25) is 11.8 Å². The Bertz CT molecular complexity index is 1070. The molecule has 3 rings (SSSR count). The van der Waals surface area contributed by atoms with Crippen molar-refractivity contribution in [2.45, 2.75) is 52.7 Å². The lowest BCUT2D eigenvalue weighted by molar-refractivity contribution is -0.145. The Hall–Kier alpha value is -3.41. The summed E-state index contributed by atoms with van der Waals surface area (Å²) in [6.07, 6.45) is 0.0981. The first kappa shape index (κ1) is 24.2. The molecule has 0 radical (unpaired) electrons. The molecule has 0 saturated heterocycles. The molecule has 3 aromatic rings. The minimum Gasteiger partial charge on any atom is -0.464 e. The van der Waals surface area contributed by atoms with Gasteiger partial charge in [-0.3, -0.25) is 9.59 Å². The van der Waals surface area contributed by atoms with Gasteiger partial charge in [0.05, 0.1) is 13.0 Å². The van der Waals surface area contributed by atoms with Crippen LogP contribution in [0.1, 0.15) is 43.4 Å². The maximum Gasteiger partial charge on any atom is 0.242 e. The van der Waals surface area contributed by atoms with E-state index in [0.717, 1.165) is 11.3 Å². The molecule has 2 aromatic carbocycles. The monoisotopic (exact) mass is 450 g/mol. The first-order chi connectivity index (χ1) is 15.6. The maximum absolute atomic E-state index is 13.5. The van der Waals surface area contributed by atoms with Crippen LogP contribution in [0.25, 0.3) is 0 Å². The minimum absolute atomic E-state index is 0.0595. The highest BCUT2D eigenvalue weighted by Gasteiger charge is 2.30. The number of aryl methyl sites for hydroxylation is 1. The molecule has 174 valence electrons. The van der Waals surface area contributed by atoms with E-state index in [1.807, 2.05) is 70.2 Å². The largest absolute Gasteiger partial charge is 0.464 e. The Morgan fingerprint density at radius 3 is 2.09 bits per heavy atom. The minimum atomic E-state index is -0.563. The fourth-order valence-electron chi connectivity index (χ4n) is 3.60. The maximum atomic E-state index is 13.5. The van der Waals surface area contributed by atoms with Crippen molar-refractivity contribution < 1.29 is 18.4 Å². The third-order valence-corrected chi connectivity index (χ3v) is 5.38. The summed E-state index contributed by atoms with van der Waals surface area (Å²) >= 11 is 0. The molecule has 2 amide bonds. The summed E-state index contributed by atoms with van der Waals surface area (Å²) in [7, 11) is 0. The topological polar surface area (TPSA) is 53.8 Å². The van der Waals surface area contributed by atoms with Crippen molar-refractivity contribution in [2.24, 2.45) is 0 Å². The highest BCUT2D eigenvalue weighted by molar-refractivity contribution is 5.86. The van der Waals surface area contributed by atoms with Crippen LogP contribution in [0, 0.1) is 12.7 Å². The zero-order chi connectivity index (χ0) is 24.0. The van der Waals surface area contributed by atoms with Gasteiger partial charge in [-0.15, -0.1) is 0 Å². The second-order valence-electron chi connectivity index (χ2n) is 9.20. The van der Waals surface area contributed by atoms with Gasteiger partial charge in [0, 0.05) is 12.1 Å². The molecule has 5 nitrogen and oxygen atoms in total. The van der Waals surface area contributed by atoms with E-state index in [0.29, 0.717) is 24.4 Å². The van der Waals surface area contributed by atoms with Gasteiger partial charge >= 0.3 is 0 Å². The van der Waals surface area contributed by atoms with E-state index in [9.17, 15) is 14.0 Å². The number of halogens is 1. The van der Waals surface area contributed by atoms with Crippen LogP contribution in [0.3, 0.4) is 0 Å². The molecule has 0 bridgehead atoms. The van der Waals surface area contributed by atoms with Crippen molar-refractivity contribution in [3.8, 4) is 0 Å². The lowest BCUT2D eigenvalue weighted by Gasteiger charge is -2.37. The third kappa shape index (κ3) is 7.04. The molecule has 0 aliphatic rings. The number of carbonyl (C=O) groups is 2. The fourth-order valence-corrected chi connectivity index (χ4v) is 3.60. The summed E-state index contributed by atoms with van der Waals surface area (Å²) in [6, 6.07) is 19.3. The number of rotatable bonds is 8. The smallest absolute Gasteiger partial charge is 0.242 e. The van der Waals surface area contributed by atoms with Gasteiger partial charge < -0.3 is 14.2 Å². The van der Waals surface area contributed by atoms with Gasteiger partial charge in [-0.05, 0) is 63.1 Å². The van der Waals surface area contributed by atoms with Crippen LogP contribution in [0.5, 0.6) is 0 Å². The lowest BCUT2D eigenvalue weighted by atomic mass is 10.0. The zero-order valence-electron chi connectivity index (χ0n) is 19.7. The van der Waals surface area contributed by atoms with Gasteiger partial charge in [0.15, 0.2) is 0 Å². The molecular weight excluding hydrogens is 419 g/mol. The Balaban J connectivity index is 1.79.